The summed E-state index contributed by atoms with van der Waals surface area (Å²) >= 11 is 0. The van der Waals surface area contributed by atoms with Gasteiger partial charge in [0.15, 0.2) is 0 Å². The Hall–Kier alpha value is -0.210. The van der Waals surface area contributed by atoms with Crippen molar-refractivity contribution in [3.8, 4) is 0 Å². The van der Waals surface area contributed by atoms with Gasteiger partial charge >= 0.3 is 0 Å². The van der Waals surface area contributed by atoms with E-state index >= 15 is 0 Å². The van der Waals surface area contributed by atoms with Crippen LogP contribution in [0.1, 0.15) is 72.1 Å². The van der Waals surface area contributed by atoms with Crippen molar-refractivity contribution in [2.75, 3.05) is 0 Å². The first-order valence-electron chi connectivity index (χ1n) is 9.34. The average molecular weight is 318 g/mol. The molecule has 0 aromatic carbocycles. The molecule has 0 aromatic rings. The highest BCUT2D eigenvalue weighted by Crippen LogP contribution is 2.44. The summed E-state index contributed by atoms with van der Waals surface area (Å²) in [5.41, 5.74) is 0. The molecule has 0 heterocycles. The van der Waals surface area contributed by atoms with Gasteiger partial charge in [0.05, 0.1) is 0 Å². The second-order valence-corrected chi connectivity index (χ2v) is 8.14. The SMILES string of the molecule is CC(C)C(F)C(F)C(C)C1CCC(C2CCCCC2)CC1F. The summed E-state index contributed by atoms with van der Waals surface area (Å²) < 4.78 is 42.9. The van der Waals surface area contributed by atoms with Crippen molar-refractivity contribution >= 4 is 0 Å². The topological polar surface area (TPSA) is 0 Å². The minimum absolute atomic E-state index is 0.299. The second kappa shape index (κ2) is 8.06. The Morgan fingerprint density at radius 3 is 1.95 bits per heavy atom. The van der Waals surface area contributed by atoms with E-state index in [0.29, 0.717) is 18.3 Å². The standard InChI is InChI=1S/C19H33F3/c1-12(2)18(21)19(22)13(3)16-10-9-15(11-17(16)20)14-7-5-4-6-8-14/h12-19H,4-11H2,1-3H3. The maximum absolute atomic E-state index is 14.6. The van der Waals surface area contributed by atoms with E-state index in [2.05, 4.69) is 0 Å². The smallest absolute Gasteiger partial charge is 0.134 e. The number of hydrogen-bond donors (Lipinski definition) is 0. The zero-order valence-electron chi connectivity index (χ0n) is 14.4. The van der Waals surface area contributed by atoms with E-state index in [0.717, 1.165) is 12.8 Å². The maximum Gasteiger partial charge on any atom is 0.134 e. The maximum atomic E-state index is 14.6. The van der Waals surface area contributed by atoms with Crippen LogP contribution in [0.15, 0.2) is 0 Å². The van der Waals surface area contributed by atoms with Gasteiger partial charge in [-0.2, -0.15) is 0 Å². The van der Waals surface area contributed by atoms with Crippen molar-refractivity contribution in [3.63, 3.8) is 0 Å². The highest BCUT2D eigenvalue weighted by molar-refractivity contribution is 4.90. The molecule has 0 radical (unpaired) electrons. The quantitative estimate of drug-likeness (QED) is 0.559. The molecule has 2 aliphatic rings. The van der Waals surface area contributed by atoms with Gasteiger partial charge in [-0.15, -0.1) is 0 Å². The van der Waals surface area contributed by atoms with E-state index in [4.69, 9.17) is 0 Å². The van der Waals surface area contributed by atoms with Gasteiger partial charge in [-0.3, -0.25) is 0 Å². The molecule has 6 atom stereocenters. The minimum atomic E-state index is -1.53. The lowest BCUT2D eigenvalue weighted by atomic mass is 9.67. The lowest BCUT2D eigenvalue weighted by Crippen LogP contribution is -2.40. The van der Waals surface area contributed by atoms with Crippen LogP contribution in [0.3, 0.4) is 0 Å². The Bertz CT molecular complexity index is 325. The normalized spacial score (nSPS) is 35.3. The predicted octanol–water partition coefficient (Wildman–Crippen LogP) is 6.29. The molecule has 0 nitrogen and oxygen atoms in total. The van der Waals surface area contributed by atoms with Crippen LogP contribution in [-0.4, -0.2) is 18.5 Å². The van der Waals surface area contributed by atoms with Gasteiger partial charge in [0.2, 0.25) is 0 Å². The molecule has 2 aliphatic carbocycles. The zero-order chi connectivity index (χ0) is 16.3. The number of hydrogen-bond acceptors (Lipinski definition) is 0. The van der Waals surface area contributed by atoms with Gasteiger partial charge in [0, 0.05) is 0 Å². The third-order valence-corrected chi connectivity index (χ3v) is 6.30. The molecule has 2 rings (SSSR count). The summed E-state index contributed by atoms with van der Waals surface area (Å²) in [4.78, 5) is 0. The molecule has 22 heavy (non-hydrogen) atoms. The van der Waals surface area contributed by atoms with Crippen LogP contribution >= 0.6 is 0 Å². The molecule has 2 saturated carbocycles. The third-order valence-electron chi connectivity index (χ3n) is 6.30. The van der Waals surface area contributed by atoms with Gasteiger partial charge in [-0.25, -0.2) is 13.2 Å². The van der Waals surface area contributed by atoms with E-state index < -0.39 is 24.4 Å². The summed E-state index contributed by atoms with van der Waals surface area (Å²) in [6.45, 7) is 5.09. The number of halogens is 3. The fourth-order valence-corrected chi connectivity index (χ4v) is 4.69. The minimum Gasteiger partial charge on any atom is -0.247 e. The van der Waals surface area contributed by atoms with Gasteiger partial charge in [0.25, 0.3) is 0 Å². The third kappa shape index (κ3) is 4.20. The molecule has 0 bridgehead atoms. The molecular formula is C19H33F3. The van der Waals surface area contributed by atoms with Crippen molar-refractivity contribution in [1.29, 1.82) is 0 Å². The summed E-state index contributed by atoms with van der Waals surface area (Å²) in [5, 5.41) is 0. The molecule has 130 valence electrons. The van der Waals surface area contributed by atoms with E-state index in [1.54, 1.807) is 20.8 Å². The second-order valence-electron chi connectivity index (χ2n) is 8.14. The number of alkyl halides is 3. The fraction of sp³-hybridized carbons (Fsp3) is 1.00. The Morgan fingerprint density at radius 2 is 1.41 bits per heavy atom. The fourth-order valence-electron chi connectivity index (χ4n) is 4.69. The lowest BCUT2D eigenvalue weighted by Gasteiger charge is -2.40. The van der Waals surface area contributed by atoms with Crippen molar-refractivity contribution in [3.05, 3.63) is 0 Å². The molecular weight excluding hydrogens is 285 g/mol. The molecule has 0 spiro atoms. The van der Waals surface area contributed by atoms with Crippen molar-refractivity contribution in [2.45, 2.75) is 90.7 Å². The summed E-state index contributed by atoms with van der Waals surface area (Å²) in [6.07, 6.45) is 4.71. The van der Waals surface area contributed by atoms with Crippen LogP contribution in [0.4, 0.5) is 13.2 Å². The van der Waals surface area contributed by atoms with Crippen molar-refractivity contribution < 1.29 is 13.2 Å². The van der Waals surface area contributed by atoms with Gasteiger partial charge in [-0.1, -0.05) is 52.9 Å². The van der Waals surface area contributed by atoms with Crippen LogP contribution in [-0.2, 0) is 0 Å². The van der Waals surface area contributed by atoms with E-state index in [9.17, 15) is 13.2 Å². The lowest BCUT2D eigenvalue weighted by molar-refractivity contribution is 0.000376. The van der Waals surface area contributed by atoms with Crippen LogP contribution in [0, 0.1) is 29.6 Å². The highest BCUT2D eigenvalue weighted by atomic mass is 19.2. The van der Waals surface area contributed by atoms with E-state index in [1.165, 1.54) is 32.1 Å². The molecule has 0 N–H and O–H groups in total. The van der Waals surface area contributed by atoms with Crippen LogP contribution < -0.4 is 0 Å². The van der Waals surface area contributed by atoms with Crippen molar-refractivity contribution in [2.24, 2.45) is 29.6 Å². The average Bonchev–Trinajstić information content (AvgIpc) is 2.53. The Morgan fingerprint density at radius 1 is 0.773 bits per heavy atom. The molecule has 2 fully saturated rings. The molecule has 3 heteroatoms. The summed E-state index contributed by atoms with van der Waals surface area (Å²) in [7, 11) is 0. The number of rotatable bonds is 5. The molecule has 0 saturated heterocycles. The van der Waals surface area contributed by atoms with E-state index in [1.807, 2.05) is 0 Å². The molecule has 0 aliphatic heterocycles. The highest BCUT2D eigenvalue weighted by Gasteiger charge is 2.41. The Balaban J connectivity index is 1.89. The zero-order valence-corrected chi connectivity index (χ0v) is 14.4. The molecule has 6 unspecified atom stereocenters. The van der Waals surface area contributed by atoms with Crippen molar-refractivity contribution in [1.82, 2.24) is 0 Å². The first-order chi connectivity index (χ1) is 10.4. The Labute approximate surface area is 134 Å². The Kier molecular flexibility index (Phi) is 6.64. The van der Waals surface area contributed by atoms with Gasteiger partial charge in [0.1, 0.15) is 18.5 Å². The van der Waals surface area contributed by atoms with Crippen LogP contribution in [0.2, 0.25) is 0 Å². The predicted molar refractivity (Wildman–Crippen MR) is 86.1 cm³/mol. The molecule has 0 amide bonds. The van der Waals surface area contributed by atoms with Crippen LogP contribution in [0.5, 0.6) is 0 Å². The van der Waals surface area contributed by atoms with Gasteiger partial charge < -0.3 is 0 Å². The first-order valence-corrected chi connectivity index (χ1v) is 9.34. The summed E-state index contributed by atoms with van der Waals surface area (Å²) in [6, 6.07) is 0. The first kappa shape index (κ1) is 18.1. The monoisotopic (exact) mass is 318 g/mol. The van der Waals surface area contributed by atoms with Gasteiger partial charge in [-0.05, 0) is 48.9 Å². The summed E-state index contributed by atoms with van der Waals surface area (Å²) in [5.74, 6) is -0.00210. The molecule has 0 aromatic heterocycles. The van der Waals surface area contributed by atoms with Crippen LogP contribution in [0.25, 0.3) is 0 Å². The van der Waals surface area contributed by atoms with E-state index in [-0.39, 0.29) is 11.8 Å². The largest absolute Gasteiger partial charge is 0.247 e.